The van der Waals surface area contributed by atoms with Crippen molar-refractivity contribution in [2.24, 2.45) is 0 Å². The summed E-state index contributed by atoms with van der Waals surface area (Å²) in [5, 5.41) is 1.80. The van der Waals surface area contributed by atoms with Crippen LogP contribution in [-0.2, 0) is 14.3 Å². The van der Waals surface area contributed by atoms with E-state index in [0.717, 1.165) is 15.7 Å². The molecular weight excluding hydrogens is 310 g/mol. The van der Waals surface area contributed by atoms with Gasteiger partial charge in [-0.2, -0.15) is 0 Å². The highest BCUT2D eigenvalue weighted by molar-refractivity contribution is 6.01. The zero-order valence-corrected chi connectivity index (χ0v) is 13.3. The van der Waals surface area contributed by atoms with Crippen LogP contribution >= 0.6 is 0 Å². The van der Waals surface area contributed by atoms with Crippen LogP contribution in [0.2, 0.25) is 0 Å². The van der Waals surface area contributed by atoms with Crippen molar-refractivity contribution >= 4 is 28.6 Å². The van der Waals surface area contributed by atoms with Crippen molar-refractivity contribution < 1.29 is 23.9 Å². The van der Waals surface area contributed by atoms with Crippen molar-refractivity contribution in [3.05, 3.63) is 42.0 Å². The standard InChI is InChI=1S/C18H17NO5/c1-23-15-10-13-6-3-2-5-12(13)9-14(15)18(22)24-11-17(21)19-8-4-7-16(19)20/h2-3,5-6,9-10H,4,7-8,11H2,1H3. The number of fused-ring (bicyclic) bond motifs is 1. The lowest BCUT2D eigenvalue weighted by atomic mass is 10.1. The molecular formula is C18H17NO5. The van der Waals surface area contributed by atoms with Gasteiger partial charge in [0.05, 0.1) is 7.11 Å². The first kappa shape index (κ1) is 16.0. The van der Waals surface area contributed by atoms with E-state index in [2.05, 4.69) is 0 Å². The van der Waals surface area contributed by atoms with E-state index >= 15 is 0 Å². The topological polar surface area (TPSA) is 72.9 Å². The maximum Gasteiger partial charge on any atom is 0.342 e. The van der Waals surface area contributed by atoms with Crippen LogP contribution in [0.3, 0.4) is 0 Å². The fourth-order valence-corrected chi connectivity index (χ4v) is 2.74. The van der Waals surface area contributed by atoms with Gasteiger partial charge in [0, 0.05) is 13.0 Å². The van der Waals surface area contributed by atoms with E-state index in [4.69, 9.17) is 9.47 Å². The maximum absolute atomic E-state index is 12.3. The van der Waals surface area contributed by atoms with E-state index in [-0.39, 0.29) is 11.5 Å². The zero-order chi connectivity index (χ0) is 17.1. The molecule has 124 valence electrons. The van der Waals surface area contributed by atoms with Crippen LogP contribution in [-0.4, -0.2) is 42.9 Å². The Morgan fingerprint density at radius 3 is 2.50 bits per heavy atom. The SMILES string of the molecule is COc1cc2ccccc2cc1C(=O)OCC(=O)N1CCCC1=O. The van der Waals surface area contributed by atoms with Crippen molar-refractivity contribution in [3.63, 3.8) is 0 Å². The Hall–Kier alpha value is -2.89. The minimum atomic E-state index is -0.655. The summed E-state index contributed by atoms with van der Waals surface area (Å²) in [6, 6.07) is 11.0. The van der Waals surface area contributed by atoms with Crippen molar-refractivity contribution in [2.45, 2.75) is 12.8 Å². The molecule has 1 aliphatic heterocycles. The quantitative estimate of drug-likeness (QED) is 0.805. The van der Waals surface area contributed by atoms with E-state index in [9.17, 15) is 14.4 Å². The molecule has 2 aromatic rings. The van der Waals surface area contributed by atoms with Gasteiger partial charge in [-0.05, 0) is 29.3 Å². The Morgan fingerprint density at radius 1 is 1.17 bits per heavy atom. The van der Waals surface area contributed by atoms with E-state index < -0.39 is 18.5 Å². The number of carbonyl (C=O) groups is 3. The number of amides is 2. The van der Waals surface area contributed by atoms with Crippen LogP contribution < -0.4 is 4.74 Å². The molecule has 1 fully saturated rings. The number of esters is 1. The predicted molar refractivity (Wildman–Crippen MR) is 86.7 cm³/mol. The summed E-state index contributed by atoms with van der Waals surface area (Å²) in [5.41, 5.74) is 0.247. The number of likely N-dealkylation sites (tertiary alicyclic amines) is 1. The second-order valence-electron chi connectivity index (χ2n) is 5.52. The smallest absolute Gasteiger partial charge is 0.342 e. The minimum absolute atomic E-state index is 0.223. The van der Waals surface area contributed by atoms with Crippen molar-refractivity contribution in [2.75, 3.05) is 20.3 Å². The van der Waals surface area contributed by atoms with Crippen LogP contribution in [0.4, 0.5) is 0 Å². The van der Waals surface area contributed by atoms with Crippen molar-refractivity contribution in [1.82, 2.24) is 4.90 Å². The molecule has 6 heteroatoms. The van der Waals surface area contributed by atoms with Crippen LogP contribution in [0.1, 0.15) is 23.2 Å². The molecule has 3 rings (SSSR count). The average Bonchev–Trinajstić information content (AvgIpc) is 3.04. The summed E-state index contributed by atoms with van der Waals surface area (Å²) < 4.78 is 10.3. The highest BCUT2D eigenvalue weighted by atomic mass is 16.5. The van der Waals surface area contributed by atoms with Crippen molar-refractivity contribution in [1.29, 1.82) is 0 Å². The zero-order valence-electron chi connectivity index (χ0n) is 13.3. The Bertz CT molecular complexity index is 814. The van der Waals surface area contributed by atoms with E-state index in [1.54, 1.807) is 12.1 Å². The molecule has 24 heavy (non-hydrogen) atoms. The van der Waals surface area contributed by atoms with Gasteiger partial charge in [0.25, 0.3) is 5.91 Å². The average molecular weight is 327 g/mol. The molecule has 0 N–H and O–H groups in total. The molecule has 0 aromatic heterocycles. The van der Waals surface area contributed by atoms with Gasteiger partial charge < -0.3 is 9.47 Å². The van der Waals surface area contributed by atoms with Crippen LogP contribution in [0.25, 0.3) is 10.8 Å². The fraction of sp³-hybridized carbons (Fsp3) is 0.278. The second kappa shape index (κ2) is 6.70. The van der Waals surface area contributed by atoms with Gasteiger partial charge in [0.1, 0.15) is 11.3 Å². The maximum atomic E-state index is 12.3. The lowest BCUT2D eigenvalue weighted by Gasteiger charge is -2.14. The Morgan fingerprint density at radius 2 is 1.88 bits per heavy atom. The minimum Gasteiger partial charge on any atom is -0.496 e. The molecule has 2 aromatic carbocycles. The van der Waals surface area contributed by atoms with E-state index in [1.165, 1.54) is 7.11 Å². The number of nitrogens with zero attached hydrogens (tertiary/aromatic N) is 1. The molecule has 0 bridgehead atoms. The monoisotopic (exact) mass is 327 g/mol. The third kappa shape index (κ3) is 3.08. The van der Waals surface area contributed by atoms with Crippen LogP contribution in [0, 0.1) is 0 Å². The predicted octanol–water partition coefficient (Wildman–Crippen LogP) is 2.15. The molecule has 1 saturated heterocycles. The molecule has 0 aliphatic carbocycles. The third-order valence-corrected chi connectivity index (χ3v) is 3.99. The molecule has 0 radical (unpaired) electrons. The molecule has 2 amide bonds. The van der Waals surface area contributed by atoms with Gasteiger partial charge in [-0.3, -0.25) is 14.5 Å². The fourth-order valence-electron chi connectivity index (χ4n) is 2.74. The number of methoxy groups -OCH3 is 1. The van der Waals surface area contributed by atoms with Gasteiger partial charge in [-0.25, -0.2) is 4.79 Å². The number of imide groups is 1. The second-order valence-corrected chi connectivity index (χ2v) is 5.52. The summed E-state index contributed by atoms with van der Waals surface area (Å²) in [4.78, 5) is 36.9. The van der Waals surface area contributed by atoms with Gasteiger partial charge in [0.15, 0.2) is 6.61 Å². The lowest BCUT2D eigenvalue weighted by molar-refractivity contribution is -0.143. The van der Waals surface area contributed by atoms with Gasteiger partial charge in [-0.15, -0.1) is 0 Å². The number of benzene rings is 2. The first-order chi connectivity index (χ1) is 11.6. The van der Waals surface area contributed by atoms with Gasteiger partial charge >= 0.3 is 5.97 Å². The first-order valence-electron chi connectivity index (χ1n) is 7.67. The molecule has 1 aliphatic rings. The largest absolute Gasteiger partial charge is 0.496 e. The van der Waals surface area contributed by atoms with Crippen LogP contribution in [0.15, 0.2) is 36.4 Å². The molecule has 0 atom stereocenters. The summed E-state index contributed by atoms with van der Waals surface area (Å²) in [7, 11) is 1.47. The number of ether oxygens (including phenoxy) is 2. The van der Waals surface area contributed by atoms with Crippen LogP contribution in [0.5, 0.6) is 5.75 Å². The van der Waals surface area contributed by atoms with Crippen molar-refractivity contribution in [3.8, 4) is 5.75 Å². The molecule has 0 saturated carbocycles. The lowest BCUT2D eigenvalue weighted by Crippen LogP contribution is -2.35. The third-order valence-electron chi connectivity index (χ3n) is 3.99. The summed E-state index contributed by atoms with van der Waals surface area (Å²) in [5.74, 6) is -0.995. The Balaban J connectivity index is 1.75. The summed E-state index contributed by atoms with van der Waals surface area (Å²) in [6.45, 7) is -0.0743. The molecule has 6 nitrogen and oxygen atoms in total. The molecule has 1 heterocycles. The van der Waals surface area contributed by atoms with Gasteiger partial charge in [0.2, 0.25) is 5.91 Å². The van der Waals surface area contributed by atoms with E-state index in [0.29, 0.717) is 25.1 Å². The number of rotatable bonds is 4. The highest BCUT2D eigenvalue weighted by Crippen LogP contribution is 2.26. The normalized spacial score (nSPS) is 14.0. The Labute approximate surface area is 138 Å². The highest BCUT2D eigenvalue weighted by Gasteiger charge is 2.27. The first-order valence-corrected chi connectivity index (χ1v) is 7.67. The van der Waals surface area contributed by atoms with E-state index in [1.807, 2.05) is 24.3 Å². The molecule has 0 unspecified atom stereocenters. The number of hydrogen-bond donors (Lipinski definition) is 0. The molecule has 0 spiro atoms. The van der Waals surface area contributed by atoms with Gasteiger partial charge in [-0.1, -0.05) is 24.3 Å². The Kier molecular flexibility index (Phi) is 4.46. The summed E-state index contributed by atoms with van der Waals surface area (Å²) >= 11 is 0. The number of carbonyl (C=O) groups excluding carboxylic acids is 3. The summed E-state index contributed by atoms with van der Waals surface area (Å²) in [6.07, 6.45) is 1.01. The number of hydrogen-bond acceptors (Lipinski definition) is 5.